The highest BCUT2D eigenvalue weighted by molar-refractivity contribution is 7.86. The molecular weight excluding hydrogens is 414 g/mol. The average Bonchev–Trinajstić information content (AvgIpc) is 2.66. The molecule has 0 aliphatic carbocycles. The molecular formula is C18H29N5O6S. The minimum absolute atomic E-state index is 0.112. The Morgan fingerprint density at radius 2 is 1.63 bits per heavy atom. The number of morpholine rings is 1. The first-order chi connectivity index (χ1) is 14.1. The third kappa shape index (κ3) is 4.99. The molecule has 0 aromatic carbocycles. The summed E-state index contributed by atoms with van der Waals surface area (Å²) < 4.78 is 34.4. The molecule has 2 N–H and O–H groups in total. The highest BCUT2D eigenvalue weighted by Gasteiger charge is 2.37. The second-order valence-electron chi connectivity index (χ2n) is 7.87. The highest BCUT2D eigenvalue weighted by Crippen LogP contribution is 2.19. The van der Waals surface area contributed by atoms with Crippen molar-refractivity contribution in [2.45, 2.75) is 45.8 Å². The van der Waals surface area contributed by atoms with E-state index in [0.29, 0.717) is 37.4 Å². The number of carbonyl (C=O) groups is 1. The molecule has 2 saturated heterocycles. The van der Waals surface area contributed by atoms with Crippen LogP contribution in [0, 0.1) is 6.92 Å². The summed E-state index contributed by atoms with van der Waals surface area (Å²) in [7, 11) is -3.60. The zero-order valence-corrected chi connectivity index (χ0v) is 18.3. The second-order valence-corrected chi connectivity index (χ2v) is 9.80. The SMILES string of the molecule is Cc1[nH]c(=O)[nH]c(=O)c1CCC(=O)N1CCN(S(=O)(=O)N2CC(C)OC(C)C2)CC1. The summed E-state index contributed by atoms with van der Waals surface area (Å²) in [6, 6.07) is 0. The number of hydrogen-bond donors (Lipinski definition) is 2. The second kappa shape index (κ2) is 9.00. The summed E-state index contributed by atoms with van der Waals surface area (Å²) in [5, 5.41) is 0. The van der Waals surface area contributed by atoms with Gasteiger partial charge in [0.15, 0.2) is 0 Å². The number of nitrogens with one attached hydrogen (secondary N) is 2. The van der Waals surface area contributed by atoms with Crippen LogP contribution in [0.1, 0.15) is 31.5 Å². The first-order valence-electron chi connectivity index (χ1n) is 10.1. The van der Waals surface area contributed by atoms with Crippen LogP contribution < -0.4 is 11.2 Å². The Balaban J connectivity index is 1.55. The number of rotatable bonds is 5. The molecule has 3 rings (SSSR count). The van der Waals surface area contributed by atoms with Crippen molar-refractivity contribution in [1.82, 2.24) is 23.5 Å². The summed E-state index contributed by atoms with van der Waals surface area (Å²) in [5.41, 5.74) is -0.246. The van der Waals surface area contributed by atoms with Crippen molar-refractivity contribution in [2.24, 2.45) is 0 Å². The number of piperazine rings is 1. The van der Waals surface area contributed by atoms with Crippen molar-refractivity contribution < 1.29 is 17.9 Å². The zero-order valence-electron chi connectivity index (χ0n) is 17.5. The third-order valence-corrected chi connectivity index (χ3v) is 7.44. The minimum atomic E-state index is -3.60. The molecule has 1 amide bonds. The van der Waals surface area contributed by atoms with Gasteiger partial charge in [0.1, 0.15) is 0 Å². The lowest BCUT2D eigenvalue weighted by molar-refractivity contribution is -0.132. The molecule has 2 unspecified atom stereocenters. The van der Waals surface area contributed by atoms with Gasteiger partial charge in [0, 0.05) is 56.9 Å². The summed E-state index contributed by atoms with van der Waals surface area (Å²) in [6.07, 6.45) is -0.00286. The standard InChI is InChI=1S/C18H29N5O6S/c1-12-10-23(11-13(2)29-12)30(27,28)22-8-6-21(7-9-22)16(24)5-4-15-14(3)19-18(26)20-17(15)25/h12-13H,4-11H2,1-3H3,(H2,19,20,25,26). The summed E-state index contributed by atoms with van der Waals surface area (Å²) in [4.78, 5) is 42.0. The number of nitrogens with zero attached hydrogens (tertiary/aromatic N) is 3. The van der Waals surface area contributed by atoms with Crippen LogP contribution in [0.3, 0.4) is 0 Å². The van der Waals surface area contributed by atoms with Gasteiger partial charge in [-0.05, 0) is 27.2 Å². The molecule has 1 aromatic rings. The maximum absolute atomic E-state index is 12.9. The van der Waals surface area contributed by atoms with Gasteiger partial charge in [-0.1, -0.05) is 0 Å². The van der Waals surface area contributed by atoms with Crippen LogP contribution in [0.5, 0.6) is 0 Å². The Hall–Kier alpha value is -2.02. The van der Waals surface area contributed by atoms with E-state index >= 15 is 0 Å². The lowest BCUT2D eigenvalue weighted by Gasteiger charge is -2.40. The van der Waals surface area contributed by atoms with Gasteiger partial charge in [0.25, 0.3) is 15.8 Å². The average molecular weight is 444 g/mol. The van der Waals surface area contributed by atoms with E-state index in [-0.39, 0.29) is 44.0 Å². The molecule has 30 heavy (non-hydrogen) atoms. The first-order valence-corrected chi connectivity index (χ1v) is 11.5. The number of ether oxygens (including phenoxy) is 1. The van der Waals surface area contributed by atoms with E-state index in [1.807, 2.05) is 13.8 Å². The normalized spacial score (nSPS) is 24.2. The Labute approximate surface area is 175 Å². The monoisotopic (exact) mass is 443 g/mol. The van der Waals surface area contributed by atoms with Crippen molar-refractivity contribution in [1.29, 1.82) is 0 Å². The van der Waals surface area contributed by atoms with Crippen LogP contribution in [-0.2, 0) is 26.2 Å². The van der Waals surface area contributed by atoms with Crippen LogP contribution in [0.4, 0.5) is 0 Å². The van der Waals surface area contributed by atoms with Gasteiger partial charge in [-0.25, -0.2) is 4.79 Å². The third-order valence-electron chi connectivity index (χ3n) is 5.47. The van der Waals surface area contributed by atoms with Crippen LogP contribution in [-0.4, -0.2) is 89.3 Å². The smallest absolute Gasteiger partial charge is 0.325 e. The summed E-state index contributed by atoms with van der Waals surface area (Å²) >= 11 is 0. The fourth-order valence-electron chi connectivity index (χ4n) is 3.97. The van der Waals surface area contributed by atoms with E-state index in [9.17, 15) is 22.8 Å². The number of H-pyrrole nitrogens is 2. The minimum Gasteiger partial charge on any atom is -0.373 e. The Morgan fingerprint density at radius 1 is 1.03 bits per heavy atom. The first kappa shape index (κ1) is 22.7. The maximum atomic E-state index is 12.9. The molecule has 2 atom stereocenters. The van der Waals surface area contributed by atoms with Gasteiger partial charge in [-0.15, -0.1) is 0 Å². The quantitative estimate of drug-likeness (QED) is 0.587. The number of aryl methyl sites for hydroxylation is 1. The van der Waals surface area contributed by atoms with E-state index in [1.165, 1.54) is 8.61 Å². The van der Waals surface area contributed by atoms with Gasteiger partial charge < -0.3 is 14.6 Å². The molecule has 11 nitrogen and oxygen atoms in total. The number of aromatic amines is 2. The van der Waals surface area contributed by atoms with Crippen molar-refractivity contribution >= 4 is 16.1 Å². The molecule has 1 aromatic heterocycles. The lowest BCUT2D eigenvalue weighted by atomic mass is 10.1. The van der Waals surface area contributed by atoms with Crippen molar-refractivity contribution in [3.05, 3.63) is 32.1 Å². The lowest BCUT2D eigenvalue weighted by Crippen LogP contribution is -2.57. The molecule has 3 heterocycles. The van der Waals surface area contributed by atoms with E-state index in [0.717, 1.165) is 0 Å². The molecule has 0 radical (unpaired) electrons. The number of amides is 1. The Kier molecular flexibility index (Phi) is 6.80. The van der Waals surface area contributed by atoms with E-state index < -0.39 is 21.5 Å². The molecule has 2 aliphatic rings. The Bertz CT molecular complexity index is 985. The van der Waals surface area contributed by atoms with Crippen LogP contribution in [0.2, 0.25) is 0 Å². The molecule has 0 saturated carbocycles. The highest BCUT2D eigenvalue weighted by atomic mass is 32.2. The Morgan fingerprint density at radius 3 is 2.20 bits per heavy atom. The van der Waals surface area contributed by atoms with Crippen LogP contribution in [0.15, 0.2) is 9.59 Å². The fraction of sp³-hybridized carbons (Fsp3) is 0.722. The van der Waals surface area contributed by atoms with Crippen molar-refractivity contribution in [3.63, 3.8) is 0 Å². The molecule has 0 spiro atoms. The summed E-state index contributed by atoms with van der Waals surface area (Å²) in [5.74, 6) is -0.148. The molecule has 2 aliphatic heterocycles. The van der Waals surface area contributed by atoms with E-state index in [4.69, 9.17) is 4.74 Å². The molecule has 0 bridgehead atoms. The van der Waals surface area contributed by atoms with Gasteiger partial charge in [-0.3, -0.25) is 14.6 Å². The molecule has 12 heteroatoms. The fourth-order valence-corrected chi connectivity index (χ4v) is 5.72. The number of aromatic nitrogens is 2. The zero-order chi connectivity index (χ0) is 22.1. The van der Waals surface area contributed by atoms with Crippen LogP contribution >= 0.6 is 0 Å². The van der Waals surface area contributed by atoms with Gasteiger partial charge >= 0.3 is 5.69 Å². The van der Waals surface area contributed by atoms with Gasteiger partial charge in [0.05, 0.1) is 12.2 Å². The largest absolute Gasteiger partial charge is 0.373 e. The van der Waals surface area contributed by atoms with Crippen molar-refractivity contribution in [3.8, 4) is 0 Å². The number of carbonyl (C=O) groups excluding carboxylic acids is 1. The molecule has 2 fully saturated rings. The van der Waals surface area contributed by atoms with Gasteiger partial charge in [-0.2, -0.15) is 17.0 Å². The molecule has 168 valence electrons. The van der Waals surface area contributed by atoms with Crippen LogP contribution in [0.25, 0.3) is 0 Å². The maximum Gasteiger partial charge on any atom is 0.325 e. The van der Waals surface area contributed by atoms with Gasteiger partial charge in [0.2, 0.25) is 5.91 Å². The predicted octanol–water partition coefficient (Wildman–Crippen LogP) is -1.20. The number of hydrogen-bond acceptors (Lipinski definition) is 6. The topological polar surface area (TPSA) is 136 Å². The predicted molar refractivity (Wildman–Crippen MR) is 109 cm³/mol. The van der Waals surface area contributed by atoms with E-state index in [1.54, 1.807) is 11.8 Å². The van der Waals surface area contributed by atoms with E-state index in [2.05, 4.69) is 9.97 Å². The van der Waals surface area contributed by atoms with Crippen molar-refractivity contribution in [2.75, 3.05) is 39.3 Å². The summed E-state index contributed by atoms with van der Waals surface area (Å²) in [6.45, 7) is 7.01.